The first-order chi connectivity index (χ1) is 10.6. The Morgan fingerprint density at radius 3 is 2.68 bits per heavy atom. The molecule has 8 heteroatoms. The fourth-order valence-corrected chi connectivity index (χ4v) is 3.85. The van der Waals surface area contributed by atoms with Crippen molar-refractivity contribution in [3.8, 4) is 11.5 Å². The third-order valence-corrected chi connectivity index (χ3v) is 5.23. The van der Waals surface area contributed by atoms with E-state index < -0.39 is 0 Å². The van der Waals surface area contributed by atoms with Gasteiger partial charge in [0.2, 0.25) is 0 Å². The summed E-state index contributed by atoms with van der Waals surface area (Å²) in [5.74, 6) is 2.04. The van der Waals surface area contributed by atoms with Gasteiger partial charge >= 0.3 is 5.69 Å². The number of methoxy groups -OCH3 is 2. The molecular formula is C14H16BrN3O3S. The van der Waals surface area contributed by atoms with Crippen LogP contribution in [-0.2, 0) is 5.75 Å². The van der Waals surface area contributed by atoms with Gasteiger partial charge < -0.3 is 9.47 Å². The lowest BCUT2D eigenvalue weighted by atomic mass is 10.2. The Morgan fingerprint density at radius 2 is 2.05 bits per heavy atom. The highest BCUT2D eigenvalue weighted by Crippen LogP contribution is 2.38. The van der Waals surface area contributed by atoms with E-state index in [9.17, 15) is 4.79 Å². The zero-order chi connectivity index (χ0) is 15.7. The molecule has 1 N–H and O–H groups in total. The first kappa shape index (κ1) is 15.5. The van der Waals surface area contributed by atoms with Gasteiger partial charge in [-0.25, -0.2) is 9.89 Å². The van der Waals surface area contributed by atoms with Crippen molar-refractivity contribution < 1.29 is 9.47 Å². The SMILES string of the molecule is COc1cc(Br)c(CSc2n[nH]c(=O)n2C2CC2)cc1OC. The van der Waals surface area contributed by atoms with Gasteiger partial charge in [0.05, 0.1) is 14.2 Å². The molecule has 1 saturated carbocycles. The van der Waals surface area contributed by atoms with E-state index in [-0.39, 0.29) is 5.69 Å². The van der Waals surface area contributed by atoms with Crippen molar-refractivity contribution in [3.63, 3.8) is 0 Å². The zero-order valence-electron chi connectivity index (χ0n) is 12.3. The summed E-state index contributed by atoms with van der Waals surface area (Å²) in [6.45, 7) is 0. The summed E-state index contributed by atoms with van der Waals surface area (Å²) in [5.41, 5.74) is 0.928. The van der Waals surface area contributed by atoms with Gasteiger partial charge in [0.15, 0.2) is 16.7 Å². The Kier molecular flexibility index (Phi) is 4.49. The molecule has 1 aromatic heterocycles. The van der Waals surface area contributed by atoms with Crippen molar-refractivity contribution in [1.82, 2.24) is 14.8 Å². The minimum absolute atomic E-state index is 0.128. The lowest BCUT2D eigenvalue weighted by Gasteiger charge is -2.11. The van der Waals surface area contributed by atoms with Crippen LogP contribution in [0.25, 0.3) is 0 Å². The van der Waals surface area contributed by atoms with Crippen molar-refractivity contribution in [2.24, 2.45) is 0 Å². The maximum Gasteiger partial charge on any atom is 0.344 e. The predicted octanol–water partition coefficient (Wildman–Crippen LogP) is 2.98. The fourth-order valence-electron chi connectivity index (χ4n) is 2.20. The number of aromatic amines is 1. The minimum Gasteiger partial charge on any atom is -0.493 e. The van der Waals surface area contributed by atoms with Gasteiger partial charge in [-0.2, -0.15) is 0 Å². The highest BCUT2D eigenvalue weighted by molar-refractivity contribution is 9.10. The molecule has 22 heavy (non-hydrogen) atoms. The van der Waals surface area contributed by atoms with Crippen molar-refractivity contribution in [1.29, 1.82) is 0 Å². The highest BCUT2D eigenvalue weighted by Gasteiger charge is 2.28. The van der Waals surface area contributed by atoms with Gasteiger partial charge in [0.25, 0.3) is 0 Å². The molecule has 1 aromatic carbocycles. The van der Waals surface area contributed by atoms with Crippen LogP contribution in [0.3, 0.4) is 0 Å². The van der Waals surface area contributed by atoms with E-state index in [1.54, 1.807) is 18.8 Å². The molecule has 0 radical (unpaired) electrons. The molecule has 0 aliphatic heterocycles. The third kappa shape index (κ3) is 3.03. The van der Waals surface area contributed by atoms with Crippen LogP contribution in [0.15, 0.2) is 26.6 Å². The lowest BCUT2D eigenvalue weighted by molar-refractivity contribution is 0.354. The average molecular weight is 386 g/mol. The Labute approximate surface area is 140 Å². The van der Waals surface area contributed by atoms with Gasteiger partial charge in [-0.15, -0.1) is 5.10 Å². The molecule has 118 valence electrons. The van der Waals surface area contributed by atoms with E-state index in [0.29, 0.717) is 23.3 Å². The van der Waals surface area contributed by atoms with E-state index in [4.69, 9.17) is 9.47 Å². The van der Waals surface area contributed by atoms with Crippen LogP contribution in [-0.4, -0.2) is 29.0 Å². The van der Waals surface area contributed by atoms with Crippen LogP contribution < -0.4 is 15.2 Å². The van der Waals surface area contributed by atoms with E-state index in [1.807, 2.05) is 12.1 Å². The van der Waals surface area contributed by atoms with Gasteiger partial charge in [-0.1, -0.05) is 27.7 Å². The molecule has 0 saturated heterocycles. The molecule has 0 bridgehead atoms. The topological polar surface area (TPSA) is 69.1 Å². The molecule has 6 nitrogen and oxygen atoms in total. The standard InChI is InChI=1S/C14H16BrN3O3S/c1-20-11-5-8(10(15)6-12(11)21-2)7-22-14-17-16-13(19)18(14)9-3-4-9/h5-6,9H,3-4,7H2,1-2H3,(H,16,19). The number of benzene rings is 1. The predicted molar refractivity (Wildman–Crippen MR) is 87.9 cm³/mol. The molecule has 0 atom stereocenters. The van der Waals surface area contributed by atoms with Crippen molar-refractivity contribution in [2.75, 3.05) is 14.2 Å². The number of nitrogens with zero attached hydrogens (tertiary/aromatic N) is 2. The monoisotopic (exact) mass is 385 g/mol. The molecular weight excluding hydrogens is 370 g/mol. The number of thioether (sulfide) groups is 1. The maximum absolute atomic E-state index is 11.8. The third-order valence-electron chi connectivity index (χ3n) is 3.49. The van der Waals surface area contributed by atoms with Gasteiger partial charge in [-0.3, -0.25) is 4.57 Å². The molecule has 3 rings (SSSR count). The Balaban J connectivity index is 1.81. The van der Waals surface area contributed by atoms with E-state index in [2.05, 4.69) is 26.1 Å². The smallest absolute Gasteiger partial charge is 0.344 e. The molecule has 0 spiro atoms. The Bertz CT molecular complexity index is 739. The number of ether oxygens (including phenoxy) is 2. The maximum atomic E-state index is 11.8. The van der Waals surface area contributed by atoms with Gasteiger partial charge in [0.1, 0.15) is 0 Å². The number of nitrogens with one attached hydrogen (secondary N) is 1. The van der Waals surface area contributed by atoms with E-state index in [1.165, 1.54) is 11.8 Å². The molecule has 1 aliphatic carbocycles. The van der Waals surface area contributed by atoms with Crippen LogP contribution in [0.1, 0.15) is 24.4 Å². The van der Waals surface area contributed by atoms with Gasteiger partial charge in [-0.05, 0) is 30.5 Å². The number of hydrogen-bond donors (Lipinski definition) is 1. The molecule has 1 fully saturated rings. The number of H-pyrrole nitrogens is 1. The first-order valence-corrected chi connectivity index (χ1v) is 8.62. The zero-order valence-corrected chi connectivity index (χ0v) is 14.7. The van der Waals surface area contributed by atoms with Crippen molar-refractivity contribution in [3.05, 3.63) is 32.7 Å². The van der Waals surface area contributed by atoms with Crippen LogP contribution in [0.2, 0.25) is 0 Å². The van der Waals surface area contributed by atoms with Crippen molar-refractivity contribution >= 4 is 27.7 Å². The molecule has 2 aromatic rings. The van der Waals surface area contributed by atoms with Crippen LogP contribution in [0.5, 0.6) is 11.5 Å². The summed E-state index contributed by atoms with van der Waals surface area (Å²) in [5, 5.41) is 7.38. The largest absolute Gasteiger partial charge is 0.493 e. The summed E-state index contributed by atoms with van der Waals surface area (Å²) < 4.78 is 13.3. The second kappa shape index (κ2) is 6.37. The number of hydrogen-bond acceptors (Lipinski definition) is 5. The lowest BCUT2D eigenvalue weighted by Crippen LogP contribution is -2.16. The van der Waals surface area contributed by atoms with Crippen molar-refractivity contribution in [2.45, 2.75) is 29.8 Å². The minimum atomic E-state index is -0.128. The Morgan fingerprint density at radius 1 is 1.36 bits per heavy atom. The van der Waals surface area contributed by atoms with E-state index in [0.717, 1.165) is 28.0 Å². The summed E-state index contributed by atoms with van der Waals surface area (Å²) in [4.78, 5) is 11.8. The number of halogens is 1. The highest BCUT2D eigenvalue weighted by atomic mass is 79.9. The molecule has 0 unspecified atom stereocenters. The molecule has 0 amide bonds. The van der Waals surface area contributed by atoms with Gasteiger partial charge in [0, 0.05) is 16.3 Å². The summed E-state index contributed by atoms with van der Waals surface area (Å²) in [6.07, 6.45) is 2.10. The number of rotatable bonds is 6. The second-order valence-corrected chi connectivity index (χ2v) is 6.80. The van der Waals surface area contributed by atoms with Crippen LogP contribution in [0, 0.1) is 0 Å². The average Bonchev–Trinajstić information content (AvgIpc) is 3.29. The summed E-state index contributed by atoms with van der Waals surface area (Å²) >= 11 is 5.07. The van der Waals surface area contributed by atoms with E-state index >= 15 is 0 Å². The fraction of sp³-hybridized carbons (Fsp3) is 0.429. The van der Waals surface area contributed by atoms with Crippen LogP contribution >= 0.6 is 27.7 Å². The Hall–Kier alpha value is -1.41. The van der Waals surface area contributed by atoms with Crippen LogP contribution in [0.4, 0.5) is 0 Å². The normalized spacial score (nSPS) is 14.1. The summed E-state index contributed by atoms with van der Waals surface area (Å²) in [6, 6.07) is 4.12. The summed E-state index contributed by atoms with van der Waals surface area (Å²) in [7, 11) is 3.22. The molecule has 1 heterocycles. The number of aromatic nitrogens is 3. The molecule has 1 aliphatic rings. The second-order valence-electron chi connectivity index (χ2n) is 5.00. The quantitative estimate of drug-likeness (QED) is 0.774. The first-order valence-electron chi connectivity index (χ1n) is 6.84.